The average Bonchev–Trinajstić information content (AvgIpc) is 2.55. The van der Waals surface area contributed by atoms with E-state index >= 15 is 0 Å². The second-order valence-corrected chi connectivity index (χ2v) is 4.95. The third-order valence-corrected chi connectivity index (χ3v) is 3.50. The molecule has 1 aromatic rings. The van der Waals surface area contributed by atoms with Gasteiger partial charge in [-0.25, -0.2) is 4.98 Å². The lowest BCUT2D eigenvalue weighted by Gasteiger charge is -2.22. The first-order valence-electron chi connectivity index (χ1n) is 4.98. The van der Waals surface area contributed by atoms with Crippen LogP contribution < -0.4 is 11.1 Å². The Kier molecular flexibility index (Phi) is 2.98. The summed E-state index contributed by atoms with van der Waals surface area (Å²) in [7, 11) is 0. The molecule has 1 aliphatic carbocycles. The second kappa shape index (κ2) is 4.17. The summed E-state index contributed by atoms with van der Waals surface area (Å²) in [5.41, 5.74) is 6.35. The van der Waals surface area contributed by atoms with Gasteiger partial charge >= 0.3 is 12.1 Å². The Balaban J connectivity index is 2.01. The Hall–Kier alpha value is -1.31. The third-order valence-electron chi connectivity index (χ3n) is 2.55. The fraction of sp³-hybridized carbons (Fsp3) is 0.556. The molecule has 0 fully saturated rings. The van der Waals surface area contributed by atoms with Crippen LogP contribution in [-0.2, 0) is 17.6 Å². The Morgan fingerprint density at radius 2 is 2.24 bits per heavy atom. The number of aryl methyl sites for hydroxylation is 1. The highest BCUT2D eigenvalue weighted by Gasteiger charge is 2.40. The molecule has 1 aliphatic rings. The molecule has 0 bridgehead atoms. The summed E-state index contributed by atoms with van der Waals surface area (Å²) in [6.07, 6.45) is -3.46. The van der Waals surface area contributed by atoms with Gasteiger partial charge in [0, 0.05) is 17.3 Å². The van der Waals surface area contributed by atoms with Crippen LogP contribution in [0.5, 0.6) is 0 Å². The molecule has 4 nitrogen and oxygen atoms in total. The smallest absolute Gasteiger partial charge is 0.375 e. The molecule has 3 N–H and O–H groups in total. The fourth-order valence-corrected chi connectivity index (χ4v) is 2.74. The molecule has 1 atom stereocenters. The Bertz CT molecular complexity index is 443. The van der Waals surface area contributed by atoms with Gasteiger partial charge in [0.2, 0.25) is 0 Å². The maximum absolute atomic E-state index is 12.1. The number of hydrogen-bond acceptors (Lipinski definition) is 4. The number of aromatic nitrogens is 1. The van der Waals surface area contributed by atoms with Crippen LogP contribution in [0.2, 0.25) is 0 Å². The van der Waals surface area contributed by atoms with Crippen LogP contribution in [-0.4, -0.2) is 23.1 Å². The van der Waals surface area contributed by atoms with Gasteiger partial charge in [0.15, 0.2) is 5.13 Å². The molecule has 0 aliphatic heterocycles. The van der Waals surface area contributed by atoms with Crippen LogP contribution in [0, 0.1) is 0 Å². The summed E-state index contributed by atoms with van der Waals surface area (Å²) in [6, 6.07) is -0.489. The van der Waals surface area contributed by atoms with E-state index in [-0.39, 0.29) is 0 Å². The first-order chi connectivity index (χ1) is 7.86. The van der Waals surface area contributed by atoms with E-state index in [0.29, 0.717) is 24.4 Å². The molecule has 1 amide bonds. The molecule has 0 spiro atoms. The molecule has 8 heteroatoms. The van der Waals surface area contributed by atoms with E-state index in [1.807, 2.05) is 5.32 Å². The number of halogens is 3. The number of carbonyl (C=O) groups excluding carboxylic acids is 1. The van der Waals surface area contributed by atoms with Gasteiger partial charge in [0.05, 0.1) is 5.69 Å². The van der Waals surface area contributed by atoms with Crippen molar-refractivity contribution in [1.82, 2.24) is 10.3 Å². The lowest BCUT2D eigenvalue weighted by atomic mass is 9.98. The van der Waals surface area contributed by atoms with Crippen molar-refractivity contribution in [2.45, 2.75) is 31.5 Å². The highest BCUT2D eigenvalue weighted by Crippen LogP contribution is 2.28. The number of carbonyl (C=O) groups is 1. The normalized spacial score (nSPS) is 19.8. The van der Waals surface area contributed by atoms with Gasteiger partial charge in [-0.15, -0.1) is 11.3 Å². The highest BCUT2D eigenvalue weighted by molar-refractivity contribution is 7.15. The minimum atomic E-state index is -4.83. The summed E-state index contributed by atoms with van der Waals surface area (Å²) < 4.78 is 36.2. The van der Waals surface area contributed by atoms with Gasteiger partial charge in [-0.3, -0.25) is 4.79 Å². The Morgan fingerprint density at radius 3 is 2.88 bits per heavy atom. The van der Waals surface area contributed by atoms with Gasteiger partial charge in [-0.2, -0.15) is 13.2 Å². The Morgan fingerprint density at radius 1 is 1.53 bits per heavy atom. The molecule has 2 rings (SSSR count). The molecule has 1 unspecified atom stereocenters. The number of nitrogen functional groups attached to an aromatic ring is 1. The van der Waals surface area contributed by atoms with Crippen molar-refractivity contribution in [2.75, 3.05) is 5.73 Å². The lowest BCUT2D eigenvalue weighted by Crippen LogP contribution is -2.45. The van der Waals surface area contributed by atoms with Gasteiger partial charge in [0.1, 0.15) is 0 Å². The number of thiazole rings is 1. The molecule has 1 heterocycles. The lowest BCUT2D eigenvalue weighted by molar-refractivity contribution is -0.174. The molecule has 17 heavy (non-hydrogen) atoms. The zero-order chi connectivity index (χ0) is 12.6. The van der Waals surface area contributed by atoms with Crippen molar-refractivity contribution in [3.05, 3.63) is 10.6 Å². The first kappa shape index (κ1) is 12.2. The number of anilines is 1. The minimum Gasteiger partial charge on any atom is -0.375 e. The van der Waals surface area contributed by atoms with E-state index in [1.165, 1.54) is 11.3 Å². The number of hydrogen-bond donors (Lipinski definition) is 2. The number of alkyl halides is 3. The molecule has 0 saturated heterocycles. The van der Waals surface area contributed by atoms with Crippen LogP contribution in [0.15, 0.2) is 0 Å². The molecule has 94 valence electrons. The molecule has 1 aromatic heterocycles. The molecule has 0 radical (unpaired) electrons. The predicted octanol–water partition coefficient (Wildman–Crippen LogP) is 1.26. The summed E-state index contributed by atoms with van der Waals surface area (Å²) >= 11 is 1.26. The zero-order valence-corrected chi connectivity index (χ0v) is 9.49. The number of fused-ring (bicyclic) bond motifs is 1. The van der Waals surface area contributed by atoms with Crippen LogP contribution in [0.1, 0.15) is 17.0 Å². The summed E-state index contributed by atoms with van der Waals surface area (Å²) in [4.78, 5) is 15.7. The molecular weight excluding hydrogens is 255 g/mol. The van der Waals surface area contributed by atoms with Crippen molar-refractivity contribution in [3.8, 4) is 0 Å². The van der Waals surface area contributed by atoms with E-state index in [2.05, 4.69) is 4.98 Å². The van der Waals surface area contributed by atoms with Crippen LogP contribution in [0.25, 0.3) is 0 Å². The van der Waals surface area contributed by atoms with E-state index in [0.717, 1.165) is 10.6 Å². The number of nitrogens with two attached hydrogens (primary N) is 1. The molecule has 0 saturated carbocycles. The van der Waals surface area contributed by atoms with Gasteiger partial charge in [-0.05, 0) is 12.8 Å². The van der Waals surface area contributed by atoms with Crippen molar-refractivity contribution >= 4 is 22.4 Å². The largest absolute Gasteiger partial charge is 0.471 e. The highest BCUT2D eigenvalue weighted by atomic mass is 32.1. The topological polar surface area (TPSA) is 68.0 Å². The van der Waals surface area contributed by atoms with Crippen molar-refractivity contribution < 1.29 is 18.0 Å². The standard InChI is InChI=1S/C9H10F3N3OS/c10-9(11,12)7(16)14-4-1-2-5-6(3-4)17-8(13)15-5/h4H,1-3H2,(H2,13,15)(H,14,16). The van der Waals surface area contributed by atoms with Gasteiger partial charge < -0.3 is 11.1 Å². The zero-order valence-electron chi connectivity index (χ0n) is 8.67. The van der Waals surface area contributed by atoms with Gasteiger partial charge in [0.25, 0.3) is 0 Å². The number of nitrogens with one attached hydrogen (secondary N) is 1. The maximum atomic E-state index is 12.1. The van der Waals surface area contributed by atoms with Gasteiger partial charge in [-0.1, -0.05) is 0 Å². The summed E-state index contributed by atoms with van der Waals surface area (Å²) in [5, 5.41) is 2.40. The quantitative estimate of drug-likeness (QED) is 0.803. The predicted molar refractivity (Wildman–Crippen MR) is 56.5 cm³/mol. The van der Waals surface area contributed by atoms with Crippen LogP contribution in [0.3, 0.4) is 0 Å². The van der Waals surface area contributed by atoms with Crippen molar-refractivity contribution in [3.63, 3.8) is 0 Å². The second-order valence-electron chi connectivity index (χ2n) is 3.83. The van der Waals surface area contributed by atoms with Crippen molar-refractivity contribution in [1.29, 1.82) is 0 Å². The summed E-state index contributed by atoms with van der Waals surface area (Å²) in [6.45, 7) is 0. The third kappa shape index (κ3) is 2.68. The molecule has 0 aromatic carbocycles. The maximum Gasteiger partial charge on any atom is 0.471 e. The van der Waals surface area contributed by atoms with Crippen LogP contribution >= 0.6 is 11.3 Å². The summed E-state index contributed by atoms with van der Waals surface area (Å²) in [5.74, 6) is -1.89. The van der Waals surface area contributed by atoms with E-state index < -0.39 is 18.1 Å². The molecular formula is C9H10F3N3OS. The number of amides is 1. The van der Waals surface area contributed by atoms with E-state index in [9.17, 15) is 18.0 Å². The minimum absolute atomic E-state index is 0.367. The number of rotatable bonds is 1. The first-order valence-corrected chi connectivity index (χ1v) is 5.79. The Labute approximate surface area is 99.0 Å². The van der Waals surface area contributed by atoms with E-state index in [4.69, 9.17) is 5.73 Å². The monoisotopic (exact) mass is 265 g/mol. The number of nitrogens with zero attached hydrogens (tertiary/aromatic N) is 1. The van der Waals surface area contributed by atoms with E-state index in [1.54, 1.807) is 0 Å². The average molecular weight is 265 g/mol. The SMILES string of the molecule is Nc1nc2c(s1)CC(NC(=O)C(F)(F)F)CC2. The van der Waals surface area contributed by atoms with Crippen molar-refractivity contribution in [2.24, 2.45) is 0 Å². The fourth-order valence-electron chi connectivity index (χ4n) is 1.79. The van der Waals surface area contributed by atoms with Crippen LogP contribution in [0.4, 0.5) is 18.3 Å².